The Kier molecular flexibility index (Phi) is 6.59. The van der Waals surface area contributed by atoms with Gasteiger partial charge < -0.3 is 14.5 Å². The number of rotatable bonds is 7. The predicted molar refractivity (Wildman–Crippen MR) is 120 cm³/mol. The number of carbonyl (C=O) groups excluding carboxylic acids is 1. The molecule has 156 valence electrons. The predicted octanol–water partition coefficient (Wildman–Crippen LogP) is 4.35. The Morgan fingerprint density at radius 2 is 1.83 bits per heavy atom. The summed E-state index contributed by atoms with van der Waals surface area (Å²) in [6.07, 6.45) is 2.14. The second kappa shape index (κ2) is 9.71. The zero-order chi connectivity index (χ0) is 20.8. The maximum absolute atomic E-state index is 12.8. The highest BCUT2D eigenvalue weighted by Crippen LogP contribution is 2.23. The Bertz CT molecular complexity index is 934. The average molecular weight is 423 g/mol. The van der Waals surface area contributed by atoms with E-state index < -0.39 is 0 Å². The van der Waals surface area contributed by atoms with E-state index in [1.165, 1.54) is 0 Å². The van der Waals surface area contributed by atoms with Crippen LogP contribution >= 0.6 is 11.3 Å². The van der Waals surface area contributed by atoms with Crippen molar-refractivity contribution < 1.29 is 9.53 Å². The van der Waals surface area contributed by atoms with Crippen molar-refractivity contribution in [2.45, 2.75) is 19.8 Å². The molecule has 30 heavy (non-hydrogen) atoms. The van der Waals surface area contributed by atoms with E-state index in [1.54, 1.807) is 11.3 Å². The molecule has 1 amide bonds. The summed E-state index contributed by atoms with van der Waals surface area (Å²) >= 11 is 1.66. The van der Waals surface area contributed by atoms with Gasteiger partial charge in [-0.1, -0.05) is 19.4 Å². The first-order valence-corrected chi connectivity index (χ1v) is 11.3. The number of piperazine rings is 1. The Hall–Kier alpha value is -2.93. The third-order valence-electron chi connectivity index (χ3n) is 5.18. The van der Waals surface area contributed by atoms with Crippen molar-refractivity contribution in [3.8, 4) is 16.3 Å². The Labute approximate surface area is 181 Å². The van der Waals surface area contributed by atoms with Gasteiger partial charge in [-0.2, -0.15) is 0 Å². The highest BCUT2D eigenvalue weighted by molar-refractivity contribution is 7.13. The second-order valence-electron chi connectivity index (χ2n) is 7.26. The number of ether oxygens (including phenoxy) is 1. The van der Waals surface area contributed by atoms with E-state index >= 15 is 0 Å². The lowest BCUT2D eigenvalue weighted by Gasteiger charge is -2.35. The molecule has 0 bridgehead atoms. The van der Waals surface area contributed by atoms with Crippen LogP contribution in [0, 0.1) is 0 Å². The second-order valence-corrected chi connectivity index (χ2v) is 8.21. The lowest BCUT2D eigenvalue weighted by Crippen LogP contribution is -2.49. The molecule has 0 spiro atoms. The third-order valence-corrected chi connectivity index (χ3v) is 6.08. The van der Waals surface area contributed by atoms with Crippen LogP contribution in [0.15, 0.2) is 53.9 Å². The van der Waals surface area contributed by atoms with Gasteiger partial charge in [0.25, 0.3) is 5.91 Å². The fraction of sp³-hybridized carbons (Fsp3) is 0.348. The van der Waals surface area contributed by atoms with Gasteiger partial charge in [-0.3, -0.25) is 4.79 Å². The van der Waals surface area contributed by atoms with E-state index in [4.69, 9.17) is 4.74 Å². The van der Waals surface area contributed by atoms with E-state index in [-0.39, 0.29) is 5.91 Å². The molecule has 7 heteroatoms. The number of carbonyl (C=O) groups is 1. The molecule has 0 saturated carbocycles. The van der Waals surface area contributed by atoms with Gasteiger partial charge in [-0.15, -0.1) is 21.5 Å². The summed E-state index contributed by atoms with van der Waals surface area (Å²) in [5.74, 6) is 1.74. The Morgan fingerprint density at radius 1 is 1.03 bits per heavy atom. The highest BCUT2D eigenvalue weighted by Gasteiger charge is 2.23. The molecule has 1 aromatic carbocycles. The molecule has 3 heterocycles. The Balaban J connectivity index is 1.31. The van der Waals surface area contributed by atoms with Crippen LogP contribution < -0.4 is 9.64 Å². The van der Waals surface area contributed by atoms with Crippen molar-refractivity contribution >= 4 is 23.1 Å². The monoisotopic (exact) mass is 422 g/mol. The molecule has 0 radical (unpaired) electrons. The summed E-state index contributed by atoms with van der Waals surface area (Å²) in [6, 6.07) is 15.5. The van der Waals surface area contributed by atoms with Gasteiger partial charge in [0.15, 0.2) is 5.82 Å². The van der Waals surface area contributed by atoms with Crippen LogP contribution in [-0.2, 0) is 0 Å². The fourth-order valence-corrected chi connectivity index (χ4v) is 4.09. The van der Waals surface area contributed by atoms with Crippen molar-refractivity contribution in [3.05, 3.63) is 59.5 Å². The maximum atomic E-state index is 12.8. The SMILES string of the molecule is CCCCOc1ccc(C(=O)N2CCN(c3ccc(-c4cccs4)nn3)CC2)cc1. The van der Waals surface area contributed by atoms with E-state index in [0.717, 1.165) is 48.1 Å². The molecule has 2 aromatic heterocycles. The fourth-order valence-electron chi connectivity index (χ4n) is 3.40. The summed E-state index contributed by atoms with van der Waals surface area (Å²) < 4.78 is 5.68. The van der Waals surface area contributed by atoms with Gasteiger partial charge in [0.2, 0.25) is 0 Å². The molecule has 1 fully saturated rings. The van der Waals surface area contributed by atoms with E-state index in [0.29, 0.717) is 25.3 Å². The van der Waals surface area contributed by atoms with Crippen LogP contribution in [0.5, 0.6) is 5.75 Å². The molecule has 0 N–H and O–H groups in total. The zero-order valence-electron chi connectivity index (χ0n) is 17.2. The van der Waals surface area contributed by atoms with Crippen molar-refractivity contribution in [2.75, 3.05) is 37.7 Å². The first-order valence-electron chi connectivity index (χ1n) is 10.4. The normalized spacial score (nSPS) is 14.0. The maximum Gasteiger partial charge on any atom is 0.253 e. The van der Waals surface area contributed by atoms with Crippen molar-refractivity contribution in [2.24, 2.45) is 0 Å². The minimum absolute atomic E-state index is 0.0638. The highest BCUT2D eigenvalue weighted by atomic mass is 32.1. The lowest BCUT2D eigenvalue weighted by atomic mass is 10.1. The van der Waals surface area contributed by atoms with E-state index in [1.807, 2.05) is 58.8 Å². The molecule has 0 unspecified atom stereocenters. The van der Waals surface area contributed by atoms with E-state index in [9.17, 15) is 4.79 Å². The standard InChI is InChI=1S/C23H26N4O2S/c1-2-3-16-29-19-8-6-18(7-9-19)23(28)27-14-12-26(13-15-27)22-11-10-20(24-25-22)21-5-4-17-30-21/h4-11,17H,2-3,12-16H2,1H3. The van der Waals surface area contributed by atoms with Crippen LogP contribution in [0.2, 0.25) is 0 Å². The topological polar surface area (TPSA) is 58.6 Å². The summed E-state index contributed by atoms with van der Waals surface area (Å²) in [4.78, 5) is 18.0. The molecule has 6 nitrogen and oxygen atoms in total. The van der Waals surface area contributed by atoms with Crippen LogP contribution in [0.3, 0.4) is 0 Å². The molecular weight excluding hydrogens is 396 g/mol. The number of aromatic nitrogens is 2. The van der Waals surface area contributed by atoms with Gasteiger partial charge in [0, 0.05) is 31.7 Å². The first kappa shape index (κ1) is 20.3. The number of hydrogen-bond donors (Lipinski definition) is 0. The quantitative estimate of drug-likeness (QED) is 0.530. The summed E-state index contributed by atoms with van der Waals surface area (Å²) in [5, 5.41) is 10.8. The molecule has 1 aliphatic heterocycles. The number of thiophene rings is 1. The molecule has 0 atom stereocenters. The molecular formula is C23H26N4O2S. The third kappa shape index (κ3) is 4.79. The number of amides is 1. The van der Waals surface area contributed by atoms with Crippen LogP contribution in [0.25, 0.3) is 10.6 Å². The average Bonchev–Trinajstić information content (AvgIpc) is 3.35. The zero-order valence-corrected chi connectivity index (χ0v) is 18.0. The molecule has 1 saturated heterocycles. The van der Waals surface area contributed by atoms with Crippen molar-refractivity contribution in [1.82, 2.24) is 15.1 Å². The van der Waals surface area contributed by atoms with Gasteiger partial charge in [-0.05, 0) is 54.3 Å². The van der Waals surface area contributed by atoms with Crippen LogP contribution in [0.1, 0.15) is 30.1 Å². The minimum Gasteiger partial charge on any atom is -0.494 e. The molecule has 1 aliphatic rings. The molecule has 0 aliphatic carbocycles. The van der Waals surface area contributed by atoms with Gasteiger partial charge >= 0.3 is 0 Å². The number of unbranched alkanes of at least 4 members (excludes halogenated alkanes) is 1. The number of hydrogen-bond acceptors (Lipinski definition) is 6. The van der Waals surface area contributed by atoms with Crippen LogP contribution in [0.4, 0.5) is 5.82 Å². The first-order chi connectivity index (χ1) is 14.7. The largest absolute Gasteiger partial charge is 0.494 e. The number of benzene rings is 1. The van der Waals surface area contributed by atoms with Crippen molar-refractivity contribution in [3.63, 3.8) is 0 Å². The van der Waals surface area contributed by atoms with Gasteiger partial charge in [0.05, 0.1) is 11.5 Å². The van der Waals surface area contributed by atoms with E-state index in [2.05, 4.69) is 22.0 Å². The number of nitrogens with zero attached hydrogens (tertiary/aromatic N) is 4. The molecule has 3 aromatic rings. The van der Waals surface area contributed by atoms with Crippen LogP contribution in [-0.4, -0.2) is 53.8 Å². The summed E-state index contributed by atoms with van der Waals surface area (Å²) in [5.41, 5.74) is 1.59. The van der Waals surface area contributed by atoms with Crippen molar-refractivity contribution in [1.29, 1.82) is 0 Å². The minimum atomic E-state index is 0.0638. The summed E-state index contributed by atoms with van der Waals surface area (Å²) in [7, 11) is 0. The smallest absolute Gasteiger partial charge is 0.253 e. The van der Waals surface area contributed by atoms with Gasteiger partial charge in [0.1, 0.15) is 11.4 Å². The summed E-state index contributed by atoms with van der Waals surface area (Å²) in [6.45, 7) is 5.68. The molecule has 4 rings (SSSR count). The Morgan fingerprint density at radius 3 is 2.47 bits per heavy atom. The number of anilines is 1. The van der Waals surface area contributed by atoms with Gasteiger partial charge in [-0.25, -0.2) is 0 Å². The lowest BCUT2D eigenvalue weighted by molar-refractivity contribution is 0.0746.